The van der Waals surface area contributed by atoms with Gasteiger partial charge in [0.1, 0.15) is 5.60 Å². The number of rotatable bonds is 6. The highest BCUT2D eigenvalue weighted by Gasteiger charge is 2.40. The maximum atomic E-state index is 11.7. The number of hydrogen-bond acceptors (Lipinski definition) is 6. The van der Waals surface area contributed by atoms with Crippen LogP contribution >= 0.6 is 11.8 Å². The molecular weight excluding hydrogens is 366 g/mol. The molecule has 2 rings (SSSR count). The molecule has 8 nitrogen and oxygen atoms in total. The molecule has 0 radical (unpaired) electrons. The van der Waals surface area contributed by atoms with Crippen molar-refractivity contribution in [2.24, 2.45) is 4.99 Å². The van der Waals surface area contributed by atoms with Crippen LogP contribution < -0.4 is 16.0 Å². The summed E-state index contributed by atoms with van der Waals surface area (Å²) in [7, 11) is 1.77. The molecule has 2 aliphatic heterocycles. The van der Waals surface area contributed by atoms with Crippen molar-refractivity contribution in [3.8, 4) is 0 Å². The van der Waals surface area contributed by atoms with Crippen molar-refractivity contribution in [1.82, 2.24) is 20.9 Å². The largest absolute Gasteiger partial charge is 0.444 e. The van der Waals surface area contributed by atoms with Crippen LogP contribution in [0.15, 0.2) is 4.99 Å². The normalized spacial score (nSPS) is 24.5. The lowest BCUT2D eigenvalue weighted by atomic mass is 9.95. The maximum absolute atomic E-state index is 11.7. The monoisotopic (exact) mass is 401 g/mol. The first-order valence-electron chi connectivity index (χ1n) is 9.67. The van der Waals surface area contributed by atoms with E-state index in [1.54, 1.807) is 7.05 Å². The van der Waals surface area contributed by atoms with Crippen molar-refractivity contribution in [3.63, 3.8) is 0 Å². The molecule has 2 fully saturated rings. The van der Waals surface area contributed by atoms with Crippen LogP contribution in [0.5, 0.6) is 0 Å². The summed E-state index contributed by atoms with van der Waals surface area (Å²) in [6, 6.07) is 0. The molecule has 0 saturated carbocycles. The number of carbonyl (C=O) groups excluding carboxylic acids is 1. The van der Waals surface area contributed by atoms with E-state index in [1.807, 2.05) is 32.5 Å². The number of amides is 1. The topological polar surface area (TPSA) is 87.2 Å². The minimum atomic E-state index is -0.484. The standard InChI is InChI=1S/C18H35N5O3S/c1-17(2,3)26-16(24)21-7-6-20-15(19-4)22-13-18(5-12-27-14-18)23-8-10-25-11-9-23/h5-14H2,1-4H3,(H,21,24)(H2,19,20,22). The minimum Gasteiger partial charge on any atom is -0.444 e. The number of morpholine rings is 1. The highest BCUT2D eigenvalue weighted by atomic mass is 32.2. The molecule has 156 valence electrons. The van der Waals surface area contributed by atoms with Crippen LogP contribution in [0.3, 0.4) is 0 Å². The Hall–Kier alpha value is -1.19. The van der Waals surface area contributed by atoms with E-state index in [0.29, 0.717) is 13.1 Å². The van der Waals surface area contributed by atoms with Gasteiger partial charge in [0.15, 0.2) is 5.96 Å². The van der Waals surface area contributed by atoms with Crippen LogP contribution in [-0.2, 0) is 9.47 Å². The Balaban J connectivity index is 1.73. The zero-order valence-electron chi connectivity index (χ0n) is 17.1. The Labute approximate surface area is 167 Å². The SMILES string of the molecule is CN=C(NCCNC(=O)OC(C)(C)C)NCC1(N2CCOCC2)CCSC1. The predicted molar refractivity (Wildman–Crippen MR) is 111 cm³/mol. The summed E-state index contributed by atoms with van der Waals surface area (Å²) in [5.41, 5.74) is -0.316. The first-order chi connectivity index (χ1) is 12.8. The molecule has 0 aromatic carbocycles. The number of carbonyl (C=O) groups is 1. The molecule has 1 amide bonds. The Bertz CT molecular complexity index is 498. The van der Waals surface area contributed by atoms with Gasteiger partial charge in [-0.1, -0.05) is 0 Å². The fourth-order valence-corrected chi connectivity index (χ4v) is 4.74. The van der Waals surface area contributed by atoms with Gasteiger partial charge in [-0.15, -0.1) is 0 Å². The van der Waals surface area contributed by atoms with Crippen molar-refractivity contribution in [1.29, 1.82) is 0 Å². The lowest BCUT2D eigenvalue weighted by molar-refractivity contribution is -0.0120. The number of nitrogens with one attached hydrogen (secondary N) is 3. The molecule has 0 bridgehead atoms. The van der Waals surface area contributed by atoms with Gasteiger partial charge in [0, 0.05) is 51.1 Å². The molecule has 27 heavy (non-hydrogen) atoms. The average molecular weight is 402 g/mol. The molecule has 0 aromatic heterocycles. The number of aliphatic imine (C=N–C) groups is 1. The van der Waals surface area contributed by atoms with Crippen molar-refractivity contribution in [2.75, 3.05) is 64.5 Å². The van der Waals surface area contributed by atoms with Crippen LogP contribution in [-0.4, -0.2) is 92.6 Å². The number of hydrogen-bond donors (Lipinski definition) is 3. The third kappa shape index (κ3) is 7.38. The van der Waals surface area contributed by atoms with Gasteiger partial charge < -0.3 is 25.4 Å². The van der Waals surface area contributed by atoms with Crippen molar-refractivity contribution >= 4 is 23.8 Å². The highest BCUT2D eigenvalue weighted by molar-refractivity contribution is 7.99. The molecule has 2 heterocycles. The zero-order valence-corrected chi connectivity index (χ0v) is 17.9. The molecule has 0 aromatic rings. The number of thioether (sulfide) groups is 1. The second-order valence-corrected chi connectivity index (χ2v) is 9.01. The van der Waals surface area contributed by atoms with Crippen molar-refractivity contribution in [3.05, 3.63) is 0 Å². The van der Waals surface area contributed by atoms with E-state index in [2.05, 4.69) is 25.8 Å². The van der Waals surface area contributed by atoms with E-state index in [4.69, 9.17) is 9.47 Å². The summed E-state index contributed by atoms with van der Waals surface area (Å²) in [5, 5.41) is 9.47. The molecule has 9 heteroatoms. The van der Waals surface area contributed by atoms with E-state index in [-0.39, 0.29) is 5.54 Å². The number of guanidine groups is 1. The molecule has 2 aliphatic rings. The fraction of sp³-hybridized carbons (Fsp3) is 0.889. The van der Waals surface area contributed by atoms with Gasteiger partial charge in [0.25, 0.3) is 0 Å². The van der Waals surface area contributed by atoms with Gasteiger partial charge in [0.05, 0.1) is 13.2 Å². The Morgan fingerprint density at radius 1 is 1.22 bits per heavy atom. The van der Waals surface area contributed by atoms with E-state index >= 15 is 0 Å². The third-order valence-electron chi connectivity index (χ3n) is 4.66. The van der Waals surface area contributed by atoms with Gasteiger partial charge in [-0.05, 0) is 32.9 Å². The van der Waals surface area contributed by atoms with Gasteiger partial charge >= 0.3 is 6.09 Å². The van der Waals surface area contributed by atoms with Crippen LogP contribution in [0.4, 0.5) is 4.79 Å². The summed E-state index contributed by atoms with van der Waals surface area (Å²) in [6.07, 6.45) is 0.781. The Morgan fingerprint density at radius 3 is 2.52 bits per heavy atom. The number of nitrogens with zero attached hydrogens (tertiary/aromatic N) is 2. The van der Waals surface area contributed by atoms with Crippen LogP contribution in [0.25, 0.3) is 0 Å². The molecule has 0 spiro atoms. The molecule has 0 aliphatic carbocycles. The summed E-state index contributed by atoms with van der Waals surface area (Å²) in [6.45, 7) is 11.1. The molecule has 1 unspecified atom stereocenters. The molecular formula is C18H35N5O3S. The third-order valence-corrected chi connectivity index (χ3v) is 5.89. The molecule has 2 saturated heterocycles. The average Bonchev–Trinajstić information content (AvgIpc) is 3.10. The number of ether oxygens (including phenoxy) is 2. The first-order valence-corrected chi connectivity index (χ1v) is 10.8. The van der Waals surface area contributed by atoms with Crippen LogP contribution in [0, 0.1) is 0 Å². The Morgan fingerprint density at radius 2 is 1.93 bits per heavy atom. The lowest BCUT2D eigenvalue weighted by Crippen LogP contribution is -2.60. The van der Waals surface area contributed by atoms with E-state index in [0.717, 1.165) is 44.6 Å². The van der Waals surface area contributed by atoms with Crippen LogP contribution in [0.2, 0.25) is 0 Å². The maximum Gasteiger partial charge on any atom is 0.407 e. The highest BCUT2D eigenvalue weighted by Crippen LogP contribution is 2.33. The molecule has 1 atom stereocenters. The predicted octanol–water partition coefficient (Wildman–Crippen LogP) is 0.884. The van der Waals surface area contributed by atoms with Gasteiger partial charge in [0.2, 0.25) is 0 Å². The Kier molecular flexibility index (Phi) is 8.50. The minimum absolute atomic E-state index is 0.167. The van der Waals surface area contributed by atoms with Crippen LogP contribution in [0.1, 0.15) is 27.2 Å². The van der Waals surface area contributed by atoms with E-state index < -0.39 is 11.7 Å². The molecule has 3 N–H and O–H groups in total. The first kappa shape index (κ1) is 22.1. The van der Waals surface area contributed by atoms with Gasteiger partial charge in [-0.2, -0.15) is 11.8 Å². The fourth-order valence-electron chi connectivity index (χ4n) is 3.26. The smallest absolute Gasteiger partial charge is 0.407 e. The summed E-state index contributed by atoms with van der Waals surface area (Å²) < 4.78 is 10.7. The van der Waals surface area contributed by atoms with Gasteiger partial charge in [-0.3, -0.25) is 9.89 Å². The van der Waals surface area contributed by atoms with E-state index in [1.165, 1.54) is 12.2 Å². The lowest BCUT2D eigenvalue weighted by Gasteiger charge is -2.43. The van der Waals surface area contributed by atoms with Crippen molar-refractivity contribution < 1.29 is 14.3 Å². The summed E-state index contributed by atoms with van der Waals surface area (Å²) in [4.78, 5) is 18.5. The summed E-state index contributed by atoms with van der Waals surface area (Å²) >= 11 is 2.02. The van der Waals surface area contributed by atoms with E-state index in [9.17, 15) is 4.79 Å². The summed E-state index contributed by atoms with van der Waals surface area (Å²) in [5.74, 6) is 3.09. The quantitative estimate of drug-likeness (QED) is 0.346. The second-order valence-electron chi connectivity index (χ2n) is 7.91. The number of alkyl carbamates (subject to hydrolysis) is 1. The van der Waals surface area contributed by atoms with Gasteiger partial charge in [-0.25, -0.2) is 4.79 Å². The second kappa shape index (κ2) is 10.4. The van der Waals surface area contributed by atoms with Crippen molar-refractivity contribution in [2.45, 2.75) is 38.3 Å². The zero-order chi connectivity index (χ0) is 19.8.